The molecule has 1 aromatic carbocycles. The van der Waals surface area contributed by atoms with Crippen LogP contribution in [0.15, 0.2) is 47.4 Å². The van der Waals surface area contributed by atoms with Crippen LogP contribution in [0.2, 0.25) is 5.02 Å². The van der Waals surface area contributed by atoms with E-state index in [-0.39, 0.29) is 11.6 Å². The van der Waals surface area contributed by atoms with Gasteiger partial charge in [-0.05, 0) is 37.6 Å². The molecule has 0 aliphatic rings. The van der Waals surface area contributed by atoms with Crippen molar-refractivity contribution < 1.29 is 0 Å². The number of hydrogen-bond acceptors (Lipinski definition) is 2. The summed E-state index contributed by atoms with van der Waals surface area (Å²) in [7, 11) is 0. The predicted octanol–water partition coefficient (Wildman–Crippen LogP) is 3.69. The van der Waals surface area contributed by atoms with E-state index in [1.807, 2.05) is 37.4 Å². The average molecular weight is 277 g/mol. The molecule has 0 aliphatic carbocycles. The molecule has 0 bridgehead atoms. The lowest BCUT2D eigenvalue weighted by Crippen LogP contribution is -2.18. The van der Waals surface area contributed by atoms with Crippen LogP contribution < -0.4 is 10.9 Å². The van der Waals surface area contributed by atoms with Crippen LogP contribution in [0.4, 0.5) is 5.69 Å². The molecule has 1 atom stereocenters. The molecule has 100 valence electrons. The third-order valence-corrected chi connectivity index (χ3v) is 3.33. The number of anilines is 1. The number of aromatic nitrogens is 1. The zero-order chi connectivity index (χ0) is 13.8. The Labute approximate surface area is 117 Å². The number of rotatable bonds is 4. The molecule has 1 aromatic heterocycles. The molecule has 1 N–H and O–H groups in total. The molecule has 1 heterocycles. The minimum absolute atomic E-state index is 0.0206. The first kappa shape index (κ1) is 13.7. The third-order valence-electron chi connectivity index (χ3n) is 3.08. The van der Waals surface area contributed by atoms with Crippen molar-refractivity contribution >= 4 is 17.3 Å². The van der Waals surface area contributed by atoms with Crippen molar-refractivity contribution in [1.82, 2.24) is 4.57 Å². The fourth-order valence-electron chi connectivity index (χ4n) is 1.95. The van der Waals surface area contributed by atoms with Gasteiger partial charge >= 0.3 is 0 Å². The minimum Gasteiger partial charge on any atom is -0.377 e. The summed E-state index contributed by atoms with van der Waals surface area (Å²) in [5.74, 6) is 0. The number of pyridine rings is 1. The normalized spacial score (nSPS) is 12.2. The van der Waals surface area contributed by atoms with Gasteiger partial charge in [0.2, 0.25) is 0 Å². The quantitative estimate of drug-likeness (QED) is 0.924. The molecular weight excluding hydrogens is 260 g/mol. The summed E-state index contributed by atoms with van der Waals surface area (Å²) in [4.78, 5) is 11.5. The number of nitrogens with zero attached hydrogens (tertiary/aromatic N) is 1. The Morgan fingerprint density at radius 2 is 1.89 bits per heavy atom. The Balaban J connectivity index is 2.16. The van der Waals surface area contributed by atoms with Gasteiger partial charge < -0.3 is 9.88 Å². The Morgan fingerprint density at radius 1 is 1.21 bits per heavy atom. The Bertz CT molecular complexity index is 604. The van der Waals surface area contributed by atoms with Gasteiger partial charge in [0, 0.05) is 29.9 Å². The minimum atomic E-state index is 0.0206. The fraction of sp³-hybridized carbons (Fsp3) is 0.267. The highest BCUT2D eigenvalue weighted by Gasteiger charge is 2.06. The molecule has 0 aliphatic heterocycles. The lowest BCUT2D eigenvalue weighted by molar-refractivity contribution is 0.725. The second kappa shape index (κ2) is 5.93. The van der Waals surface area contributed by atoms with Gasteiger partial charge in [-0.1, -0.05) is 23.7 Å². The molecule has 0 fully saturated rings. The molecule has 1 unspecified atom stereocenters. The highest BCUT2D eigenvalue weighted by molar-refractivity contribution is 6.30. The number of benzene rings is 1. The first-order chi connectivity index (χ1) is 9.10. The molecule has 4 heteroatoms. The van der Waals surface area contributed by atoms with Crippen molar-refractivity contribution in [3.63, 3.8) is 0 Å². The summed E-state index contributed by atoms with van der Waals surface area (Å²) in [6, 6.07) is 11.3. The van der Waals surface area contributed by atoms with E-state index in [0.717, 1.165) is 16.3 Å². The van der Waals surface area contributed by atoms with Gasteiger partial charge in [-0.3, -0.25) is 4.79 Å². The van der Waals surface area contributed by atoms with Crippen LogP contribution in [0.5, 0.6) is 0 Å². The highest BCUT2D eigenvalue weighted by atomic mass is 35.5. The molecule has 2 rings (SSSR count). The monoisotopic (exact) mass is 276 g/mol. The zero-order valence-corrected chi connectivity index (χ0v) is 11.8. The average Bonchev–Trinajstić information content (AvgIpc) is 2.41. The topological polar surface area (TPSA) is 34.0 Å². The van der Waals surface area contributed by atoms with Gasteiger partial charge in [0.25, 0.3) is 5.56 Å². The summed E-state index contributed by atoms with van der Waals surface area (Å²) in [6.45, 7) is 4.70. The molecular formula is C15H17ClN2O. The van der Waals surface area contributed by atoms with Gasteiger partial charge in [-0.2, -0.15) is 0 Å². The SMILES string of the molecule is CCn1cc(NC(C)c2ccc(Cl)cc2)ccc1=O. The van der Waals surface area contributed by atoms with Gasteiger partial charge in [0.1, 0.15) is 0 Å². The Kier molecular flexibility index (Phi) is 4.27. The molecule has 0 radical (unpaired) electrons. The van der Waals surface area contributed by atoms with E-state index in [1.54, 1.807) is 16.7 Å². The van der Waals surface area contributed by atoms with E-state index in [2.05, 4.69) is 12.2 Å². The van der Waals surface area contributed by atoms with Crippen LogP contribution in [0.3, 0.4) is 0 Å². The maximum absolute atomic E-state index is 11.5. The highest BCUT2D eigenvalue weighted by Crippen LogP contribution is 2.20. The second-order valence-electron chi connectivity index (χ2n) is 4.46. The van der Waals surface area contributed by atoms with Crippen LogP contribution in [0, 0.1) is 0 Å². The van der Waals surface area contributed by atoms with Gasteiger partial charge in [-0.15, -0.1) is 0 Å². The summed E-state index contributed by atoms with van der Waals surface area (Å²) < 4.78 is 1.68. The van der Waals surface area contributed by atoms with E-state index in [9.17, 15) is 4.79 Å². The van der Waals surface area contributed by atoms with Gasteiger partial charge in [0.15, 0.2) is 0 Å². The predicted molar refractivity (Wildman–Crippen MR) is 79.9 cm³/mol. The van der Waals surface area contributed by atoms with Crippen LogP contribution in [-0.4, -0.2) is 4.57 Å². The van der Waals surface area contributed by atoms with Crippen molar-refractivity contribution in [2.45, 2.75) is 26.4 Å². The largest absolute Gasteiger partial charge is 0.377 e. The Hall–Kier alpha value is -1.74. The fourth-order valence-corrected chi connectivity index (χ4v) is 2.07. The first-order valence-corrected chi connectivity index (χ1v) is 6.70. The van der Waals surface area contributed by atoms with Crippen LogP contribution in [0.1, 0.15) is 25.5 Å². The Morgan fingerprint density at radius 3 is 2.53 bits per heavy atom. The van der Waals surface area contributed by atoms with Crippen LogP contribution in [-0.2, 0) is 6.54 Å². The standard InChI is InChI=1S/C15H17ClN2O/c1-3-18-10-14(8-9-15(18)19)17-11(2)12-4-6-13(16)7-5-12/h4-11,17H,3H2,1-2H3. The van der Waals surface area contributed by atoms with Crippen molar-refractivity contribution in [3.05, 3.63) is 63.5 Å². The number of halogens is 1. The summed E-state index contributed by atoms with van der Waals surface area (Å²) >= 11 is 5.88. The van der Waals surface area contributed by atoms with E-state index < -0.39 is 0 Å². The molecule has 0 saturated carbocycles. The molecule has 19 heavy (non-hydrogen) atoms. The van der Waals surface area contributed by atoms with Gasteiger partial charge in [-0.25, -0.2) is 0 Å². The molecule has 0 spiro atoms. The van der Waals surface area contributed by atoms with Crippen molar-refractivity contribution in [3.8, 4) is 0 Å². The van der Waals surface area contributed by atoms with Gasteiger partial charge in [0.05, 0.1) is 5.69 Å². The maximum atomic E-state index is 11.5. The second-order valence-corrected chi connectivity index (χ2v) is 4.90. The molecule has 2 aromatic rings. The first-order valence-electron chi connectivity index (χ1n) is 6.32. The molecule has 0 saturated heterocycles. The number of aryl methyl sites for hydroxylation is 1. The lowest BCUT2D eigenvalue weighted by atomic mass is 10.1. The lowest BCUT2D eigenvalue weighted by Gasteiger charge is -2.16. The molecule has 3 nitrogen and oxygen atoms in total. The van der Waals surface area contributed by atoms with Crippen LogP contribution in [0.25, 0.3) is 0 Å². The summed E-state index contributed by atoms with van der Waals surface area (Å²) in [6.07, 6.45) is 1.84. The summed E-state index contributed by atoms with van der Waals surface area (Å²) in [5.41, 5.74) is 2.11. The maximum Gasteiger partial charge on any atom is 0.250 e. The van der Waals surface area contributed by atoms with Crippen LogP contribution >= 0.6 is 11.6 Å². The zero-order valence-electron chi connectivity index (χ0n) is 11.1. The van der Waals surface area contributed by atoms with E-state index in [0.29, 0.717) is 6.54 Å². The third kappa shape index (κ3) is 3.38. The van der Waals surface area contributed by atoms with Crippen molar-refractivity contribution in [2.24, 2.45) is 0 Å². The van der Waals surface area contributed by atoms with E-state index >= 15 is 0 Å². The van der Waals surface area contributed by atoms with E-state index in [1.165, 1.54) is 0 Å². The number of hydrogen-bond donors (Lipinski definition) is 1. The smallest absolute Gasteiger partial charge is 0.250 e. The van der Waals surface area contributed by atoms with Crippen molar-refractivity contribution in [1.29, 1.82) is 0 Å². The van der Waals surface area contributed by atoms with E-state index in [4.69, 9.17) is 11.6 Å². The molecule has 0 amide bonds. The van der Waals surface area contributed by atoms with Crippen molar-refractivity contribution in [2.75, 3.05) is 5.32 Å². The summed E-state index contributed by atoms with van der Waals surface area (Å²) in [5, 5.41) is 4.11. The number of nitrogens with one attached hydrogen (secondary N) is 1.